The van der Waals surface area contributed by atoms with E-state index in [0.29, 0.717) is 27.4 Å². The molecule has 0 spiro atoms. The largest absolute Gasteiger partial charge is 0.477 e. The quantitative estimate of drug-likeness (QED) is 0.709. The molecule has 0 saturated heterocycles. The Morgan fingerprint density at radius 1 is 1.09 bits per heavy atom. The molecule has 1 heterocycles. The van der Waals surface area contributed by atoms with E-state index in [1.165, 1.54) is 5.56 Å². The van der Waals surface area contributed by atoms with Crippen LogP contribution in [0, 0.1) is 0 Å². The number of carbonyl (C=O) groups is 1. The zero-order chi connectivity index (χ0) is 15.7. The number of fused-ring (bicyclic) bond motifs is 1. The molecule has 3 aromatic rings. The molecule has 0 bridgehead atoms. The third kappa shape index (κ3) is 2.82. The van der Waals surface area contributed by atoms with Gasteiger partial charge in [-0.1, -0.05) is 53.5 Å². The van der Waals surface area contributed by atoms with Crippen molar-refractivity contribution in [3.8, 4) is 0 Å². The predicted octanol–water partition coefficient (Wildman–Crippen LogP) is 4.96. The number of nitrogens with one attached hydrogen (secondary N) is 1. The highest BCUT2D eigenvalue weighted by Gasteiger charge is 2.15. The van der Waals surface area contributed by atoms with Crippen molar-refractivity contribution in [2.24, 2.45) is 0 Å². The van der Waals surface area contributed by atoms with Crippen molar-refractivity contribution in [3.63, 3.8) is 0 Å². The summed E-state index contributed by atoms with van der Waals surface area (Å²) in [5.41, 5.74) is 2.79. The van der Waals surface area contributed by atoms with Gasteiger partial charge in [0.15, 0.2) is 0 Å². The van der Waals surface area contributed by atoms with Gasteiger partial charge in [0.05, 0.1) is 5.02 Å². The summed E-state index contributed by atoms with van der Waals surface area (Å²) >= 11 is 12.7. The maximum atomic E-state index is 11.1. The molecule has 0 amide bonds. The third-order valence-corrected chi connectivity index (χ3v) is 4.41. The van der Waals surface area contributed by atoms with Crippen LogP contribution >= 0.6 is 23.2 Å². The highest BCUT2D eigenvalue weighted by molar-refractivity contribution is 6.40. The second-order valence-corrected chi connectivity index (χ2v) is 5.87. The minimum Gasteiger partial charge on any atom is -0.477 e. The second kappa shape index (κ2) is 6.03. The lowest BCUT2D eigenvalue weighted by molar-refractivity contribution is 0.0691. The Balaban J connectivity index is 1.97. The van der Waals surface area contributed by atoms with Gasteiger partial charge in [-0.2, -0.15) is 0 Å². The number of H-pyrrole nitrogens is 1. The maximum absolute atomic E-state index is 11.1. The number of aromatic nitrogens is 1. The first-order chi connectivity index (χ1) is 10.6. The van der Waals surface area contributed by atoms with Gasteiger partial charge in [-0.3, -0.25) is 0 Å². The molecule has 0 radical (unpaired) electrons. The van der Waals surface area contributed by atoms with Crippen LogP contribution in [0.4, 0.5) is 0 Å². The molecule has 3 rings (SSSR count). The molecule has 3 nitrogen and oxygen atoms in total. The summed E-state index contributed by atoms with van der Waals surface area (Å²) in [6.45, 7) is 0. The number of aromatic carboxylic acids is 1. The Bertz CT molecular complexity index is 841. The van der Waals surface area contributed by atoms with E-state index < -0.39 is 5.97 Å². The number of aromatic amines is 1. The molecule has 2 N–H and O–H groups in total. The zero-order valence-corrected chi connectivity index (χ0v) is 13.1. The van der Waals surface area contributed by atoms with Gasteiger partial charge in [0.2, 0.25) is 0 Å². The molecule has 2 aromatic carbocycles. The highest BCUT2D eigenvalue weighted by atomic mass is 35.5. The lowest BCUT2D eigenvalue weighted by Gasteiger charge is -2.08. The van der Waals surface area contributed by atoms with E-state index in [9.17, 15) is 4.79 Å². The number of aryl methyl sites for hydroxylation is 1. The van der Waals surface area contributed by atoms with Crippen molar-refractivity contribution in [2.75, 3.05) is 0 Å². The van der Waals surface area contributed by atoms with E-state index in [4.69, 9.17) is 28.3 Å². The van der Waals surface area contributed by atoms with E-state index in [1.807, 2.05) is 18.2 Å². The monoisotopic (exact) mass is 333 g/mol. The van der Waals surface area contributed by atoms with Gasteiger partial charge in [0, 0.05) is 15.9 Å². The van der Waals surface area contributed by atoms with E-state index in [2.05, 4.69) is 17.1 Å². The number of carboxylic acid groups (broad SMARTS) is 1. The summed E-state index contributed by atoms with van der Waals surface area (Å²) in [5, 5.41) is 10.8. The number of halogens is 2. The van der Waals surface area contributed by atoms with Crippen LogP contribution in [0.5, 0.6) is 0 Å². The van der Waals surface area contributed by atoms with Crippen LogP contribution in [0.1, 0.15) is 21.6 Å². The molecule has 0 atom stereocenters. The molecule has 0 aliphatic heterocycles. The molecule has 5 heteroatoms. The summed E-state index contributed by atoms with van der Waals surface area (Å²) in [7, 11) is 0. The van der Waals surface area contributed by atoms with Crippen molar-refractivity contribution in [1.82, 2.24) is 4.98 Å². The summed E-state index contributed by atoms with van der Waals surface area (Å²) < 4.78 is 0. The molecule has 0 aliphatic carbocycles. The summed E-state index contributed by atoms with van der Waals surface area (Å²) in [6, 6.07) is 13.3. The normalized spacial score (nSPS) is 11.0. The fraction of sp³-hybridized carbons (Fsp3) is 0.118. The highest BCUT2D eigenvalue weighted by Crippen LogP contribution is 2.34. The topological polar surface area (TPSA) is 53.1 Å². The van der Waals surface area contributed by atoms with Crippen molar-refractivity contribution < 1.29 is 9.90 Å². The second-order valence-electron chi connectivity index (χ2n) is 5.09. The minimum atomic E-state index is -1.02. The SMILES string of the molecule is O=C(O)c1cc2c(Cl)c(CCc3ccccc3)c(Cl)cc2[nH]1. The molecule has 1 aromatic heterocycles. The van der Waals surface area contributed by atoms with Crippen LogP contribution in [0.2, 0.25) is 10.0 Å². The Morgan fingerprint density at radius 3 is 2.50 bits per heavy atom. The number of hydrogen-bond donors (Lipinski definition) is 2. The smallest absolute Gasteiger partial charge is 0.352 e. The Morgan fingerprint density at radius 2 is 1.82 bits per heavy atom. The van der Waals surface area contributed by atoms with Crippen LogP contribution in [-0.2, 0) is 12.8 Å². The average Bonchev–Trinajstić information content (AvgIpc) is 2.92. The van der Waals surface area contributed by atoms with Crippen LogP contribution in [0.3, 0.4) is 0 Å². The van der Waals surface area contributed by atoms with Crippen LogP contribution in [0.15, 0.2) is 42.5 Å². The first kappa shape index (κ1) is 14.9. The minimum absolute atomic E-state index is 0.105. The molecule has 112 valence electrons. The van der Waals surface area contributed by atoms with E-state index in [-0.39, 0.29) is 5.69 Å². The van der Waals surface area contributed by atoms with Gasteiger partial charge in [-0.25, -0.2) is 4.79 Å². The molecule has 0 unspecified atom stereocenters. The average molecular weight is 334 g/mol. The van der Waals surface area contributed by atoms with Gasteiger partial charge >= 0.3 is 5.97 Å². The van der Waals surface area contributed by atoms with Gasteiger partial charge in [0.25, 0.3) is 0 Å². The Kier molecular flexibility index (Phi) is 4.10. The fourth-order valence-corrected chi connectivity index (χ4v) is 3.20. The summed E-state index contributed by atoms with van der Waals surface area (Å²) in [4.78, 5) is 13.9. The first-order valence-corrected chi connectivity index (χ1v) is 7.58. The zero-order valence-electron chi connectivity index (χ0n) is 11.6. The van der Waals surface area contributed by atoms with E-state index in [1.54, 1.807) is 12.1 Å². The first-order valence-electron chi connectivity index (χ1n) is 6.83. The number of hydrogen-bond acceptors (Lipinski definition) is 1. The molecule has 0 saturated carbocycles. The van der Waals surface area contributed by atoms with Gasteiger partial charge < -0.3 is 10.1 Å². The summed E-state index contributed by atoms with van der Waals surface area (Å²) in [6.07, 6.45) is 1.52. The lowest BCUT2D eigenvalue weighted by Crippen LogP contribution is -1.94. The van der Waals surface area contributed by atoms with Crippen LogP contribution in [0.25, 0.3) is 10.9 Å². The predicted molar refractivity (Wildman–Crippen MR) is 89.1 cm³/mol. The molecular formula is C17H13Cl2NO2. The molecule has 0 aliphatic rings. The standard InChI is InChI=1S/C17H13Cl2NO2/c18-13-9-14-12(8-15(20-14)17(21)22)16(19)11(13)7-6-10-4-2-1-3-5-10/h1-5,8-9,20H,6-7H2,(H,21,22). The van der Waals surface area contributed by atoms with Crippen molar-refractivity contribution in [3.05, 3.63) is 69.3 Å². The fourth-order valence-electron chi connectivity index (χ4n) is 2.51. The number of benzene rings is 2. The molecular weight excluding hydrogens is 321 g/mol. The third-order valence-electron chi connectivity index (χ3n) is 3.65. The Labute approximate surface area is 137 Å². The molecule has 0 fully saturated rings. The number of rotatable bonds is 4. The van der Waals surface area contributed by atoms with Crippen LogP contribution in [-0.4, -0.2) is 16.1 Å². The van der Waals surface area contributed by atoms with Crippen molar-refractivity contribution in [2.45, 2.75) is 12.8 Å². The van der Waals surface area contributed by atoms with Crippen molar-refractivity contribution >= 4 is 40.1 Å². The van der Waals surface area contributed by atoms with Gasteiger partial charge in [-0.05, 0) is 36.1 Å². The maximum Gasteiger partial charge on any atom is 0.352 e. The van der Waals surface area contributed by atoms with Crippen molar-refractivity contribution in [1.29, 1.82) is 0 Å². The van der Waals surface area contributed by atoms with Gasteiger partial charge in [0.1, 0.15) is 5.69 Å². The Hall–Kier alpha value is -1.97. The van der Waals surface area contributed by atoms with E-state index >= 15 is 0 Å². The number of carboxylic acids is 1. The van der Waals surface area contributed by atoms with Gasteiger partial charge in [-0.15, -0.1) is 0 Å². The van der Waals surface area contributed by atoms with Crippen LogP contribution < -0.4 is 0 Å². The summed E-state index contributed by atoms with van der Waals surface area (Å²) in [5.74, 6) is -1.02. The molecule has 22 heavy (non-hydrogen) atoms. The van der Waals surface area contributed by atoms with E-state index in [0.717, 1.165) is 12.0 Å². The lowest BCUT2D eigenvalue weighted by atomic mass is 10.0.